The molecule has 0 bridgehead atoms. The first-order chi connectivity index (χ1) is 8.06. The summed E-state index contributed by atoms with van der Waals surface area (Å²) in [7, 11) is 2.67. The molecular weight excluding hydrogens is 228 g/mol. The SMILES string of the molecule is COc1c(C(C)CCN)cc(F)c(F)c1OC. The first-order valence-electron chi connectivity index (χ1n) is 5.36. The van der Waals surface area contributed by atoms with Crippen molar-refractivity contribution < 1.29 is 18.3 Å². The molecule has 0 saturated carbocycles. The molecule has 3 nitrogen and oxygen atoms in total. The zero-order valence-corrected chi connectivity index (χ0v) is 10.2. The van der Waals surface area contributed by atoms with Crippen LogP contribution in [0.25, 0.3) is 0 Å². The Bertz CT molecular complexity index is 397. The Hall–Kier alpha value is -1.36. The molecule has 0 spiro atoms. The van der Waals surface area contributed by atoms with Gasteiger partial charge in [0.2, 0.25) is 5.82 Å². The normalized spacial score (nSPS) is 12.4. The minimum absolute atomic E-state index is 0.0288. The monoisotopic (exact) mass is 245 g/mol. The van der Waals surface area contributed by atoms with Crippen molar-refractivity contribution in [2.75, 3.05) is 20.8 Å². The summed E-state index contributed by atoms with van der Waals surface area (Å²) in [6.07, 6.45) is 0.657. The van der Waals surface area contributed by atoms with E-state index in [9.17, 15) is 8.78 Å². The Kier molecular flexibility index (Phi) is 4.69. The van der Waals surface area contributed by atoms with Gasteiger partial charge in [-0.1, -0.05) is 6.92 Å². The van der Waals surface area contributed by atoms with Gasteiger partial charge in [-0.05, 0) is 24.9 Å². The lowest BCUT2D eigenvalue weighted by molar-refractivity contribution is 0.323. The van der Waals surface area contributed by atoms with Crippen LogP contribution in [0.4, 0.5) is 8.78 Å². The molecule has 0 aliphatic carbocycles. The van der Waals surface area contributed by atoms with Gasteiger partial charge in [0, 0.05) is 5.56 Å². The second-order valence-corrected chi connectivity index (χ2v) is 3.81. The molecule has 0 aliphatic heterocycles. The molecule has 0 aliphatic rings. The molecule has 0 saturated heterocycles. The lowest BCUT2D eigenvalue weighted by Gasteiger charge is -2.18. The second kappa shape index (κ2) is 5.82. The van der Waals surface area contributed by atoms with Crippen LogP contribution in [0.15, 0.2) is 6.07 Å². The van der Waals surface area contributed by atoms with Crippen molar-refractivity contribution in [2.45, 2.75) is 19.3 Å². The Balaban J connectivity index is 3.33. The fraction of sp³-hybridized carbons (Fsp3) is 0.500. The molecule has 1 atom stereocenters. The van der Waals surface area contributed by atoms with Gasteiger partial charge in [0.15, 0.2) is 17.3 Å². The number of hydrogen-bond donors (Lipinski definition) is 1. The van der Waals surface area contributed by atoms with Crippen LogP contribution in [0, 0.1) is 11.6 Å². The van der Waals surface area contributed by atoms with E-state index in [0.29, 0.717) is 18.5 Å². The van der Waals surface area contributed by atoms with Gasteiger partial charge in [-0.15, -0.1) is 0 Å². The van der Waals surface area contributed by atoms with E-state index in [0.717, 1.165) is 6.07 Å². The average Bonchev–Trinajstić information content (AvgIpc) is 2.32. The maximum atomic E-state index is 13.5. The van der Waals surface area contributed by atoms with E-state index in [4.69, 9.17) is 15.2 Å². The third-order valence-corrected chi connectivity index (χ3v) is 2.70. The van der Waals surface area contributed by atoms with Crippen LogP contribution in [0.3, 0.4) is 0 Å². The minimum atomic E-state index is -1.03. The smallest absolute Gasteiger partial charge is 0.204 e. The first-order valence-corrected chi connectivity index (χ1v) is 5.36. The molecule has 2 N–H and O–H groups in total. The summed E-state index contributed by atoms with van der Waals surface area (Å²) in [5.74, 6) is -1.98. The molecule has 1 aromatic carbocycles. The number of methoxy groups -OCH3 is 2. The fourth-order valence-electron chi connectivity index (χ4n) is 1.77. The Labute approximate surface area is 99.5 Å². The summed E-state index contributed by atoms with van der Waals surface area (Å²) in [5, 5.41) is 0. The van der Waals surface area contributed by atoms with E-state index in [1.807, 2.05) is 6.92 Å². The molecular formula is C12H17F2NO2. The van der Waals surface area contributed by atoms with Gasteiger partial charge in [-0.25, -0.2) is 4.39 Å². The third-order valence-electron chi connectivity index (χ3n) is 2.70. The number of rotatable bonds is 5. The van der Waals surface area contributed by atoms with Crippen LogP contribution in [0.5, 0.6) is 11.5 Å². The molecule has 1 unspecified atom stereocenters. The quantitative estimate of drug-likeness (QED) is 0.866. The lowest BCUT2D eigenvalue weighted by Crippen LogP contribution is -2.08. The van der Waals surface area contributed by atoms with Crippen molar-refractivity contribution in [3.63, 3.8) is 0 Å². The van der Waals surface area contributed by atoms with E-state index >= 15 is 0 Å². The molecule has 5 heteroatoms. The molecule has 0 radical (unpaired) electrons. The molecule has 1 aromatic rings. The number of nitrogens with two attached hydrogens (primary N) is 1. The van der Waals surface area contributed by atoms with E-state index in [1.165, 1.54) is 14.2 Å². The Morgan fingerprint density at radius 3 is 2.29 bits per heavy atom. The average molecular weight is 245 g/mol. The van der Waals surface area contributed by atoms with Gasteiger partial charge in [0.05, 0.1) is 14.2 Å². The highest BCUT2D eigenvalue weighted by Gasteiger charge is 2.22. The molecule has 96 valence electrons. The van der Waals surface area contributed by atoms with Gasteiger partial charge in [-0.2, -0.15) is 4.39 Å². The summed E-state index contributed by atoms with van der Waals surface area (Å²) in [5.41, 5.74) is 6.02. The zero-order valence-electron chi connectivity index (χ0n) is 10.2. The Morgan fingerprint density at radius 1 is 1.24 bits per heavy atom. The second-order valence-electron chi connectivity index (χ2n) is 3.81. The standard InChI is InChI=1S/C12H17F2NO2/c1-7(4-5-15)8-6-9(13)10(14)12(17-3)11(8)16-2/h6-7H,4-5,15H2,1-3H3. The predicted octanol–water partition coefficient (Wildman–Crippen LogP) is 2.43. The van der Waals surface area contributed by atoms with E-state index in [2.05, 4.69) is 0 Å². The summed E-state index contributed by atoms with van der Waals surface area (Å²) < 4.78 is 36.8. The van der Waals surface area contributed by atoms with Gasteiger partial charge >= 0.3 is 0 Å². The highest BCUT2D eigenvalue weighted by atomic mass is 19.2. The van der Waals surface area contributed by atoms with Crippen molar-refractivity contribution in [1.82, 2.24) is 0 Å². The van der Waals surface area contributed by atoms with Crippen LogP contribution in [-0.2, 0) is 0 Å². The summed E-state index contributed by atoms with van der Waals surface area (Å²) >= 11 is 0. The van der Waals surface area contributed by atoms with Crippen LogP contribution in [-0.4, -0.2) is 20.8 Å². The van der Waals surface area contributed by atoms with Crippen molar-refractivity contribution in [3.8, 4) is 11.5 Å². The summed E-state index contributed by atoms with van der Waals surface area (Å²) in [6.45, 7) is 2.34. The first kappa shape index (κ1) is 13.7. The molecule has 0 aromatic heterocycles. The van der Waals surface area contributed by atoms with Crippen molar-refractivity contribution in [1.29, 1.82) is 0 Å². The van der Waals surface area contributed by atoms with Crippen LogP contribution < -0.4 is 15.2 Å². The highest BCUT2D eigenvalue weighted by molar-refractivity contribution is 5.49. The molecule has 17 heavy (non-hydrogen) atoms. The van der Waals surface area contributed by atoms with Gasteiger partial charge < -0.3 is 15.2 Å². The van der Waals surface area contributed by atoms with Gasteiger partial charge in [0.25, 0.3) is 0 Å². The maximum absolute atomic E-state index is 13.5. The number of halogens is 2. The van der Waals surface area contributed by atoms with Crippen molar-refractivity contribution in [2.24, 2.45) is 5.73 Å². The summed E-state index contributed by atoms with van der Waals surface area (Å²) in [4.78, 5) is 0. The van der Waals surface area contributed by atoms with Crippen molar-refractivity contribution in [3.05, 3.63) is 23.3 Å². The maximum Gasteiger partial charge on any atom is 0.204 e. The van der Waals surface area contributed by atoms with Gasteiger partial charge in [0.1, 0.15) is 0 Å². The molecule has 0 heterocycles. The number of benzene rings is 1. The Morgan fingerprint density at radius 2 is 1.82 bits per heavy atom. The fourth-order valence-corrected chi connectivity index (χ4v) is 1.77. The molecule has 1 rings (SSSR count). The summed E-state index contributed by atoms with van der Waals surface area (Å²) in [6, 6.07) is 1.14. The van der Waals surface area contributed by atoms with E-state index < -0.39 is 11.6 Å². The molecule has 0 fully saturated rings. The van der Waals surface area contributed by atoms with E-state index in [-0.39, 0.29) is 17.4 Å². The van der Waals surface area contributed by atoms with Crippen LogP contribution >= 0.6 is 0 Å². The third kappa shape index (κ3) is 2.66. The predicted molar refractivity (Wildman–Crippen MR) is 61.5 cm³/mol. The van der Waals surface area contributed by atoms with Crippen LogP contribution in [0.2, 0.25) is 0 Å². The van der Waals surface area contributed by atoms with Crippen molar-refractivity contribution >= 4 is 0 Å². The van der Waals surface area contributed by atoms with E-state index in [1.54, 1.807) is 0 Å². The zero-order chi connectivity index (χ0) is 13.0. The molecule has 0 amide bonds. The largest absolute Gasteiger partial charge is 0.492 e. The number of hydrogen-bond acceptors (Lipinski definition) is 3. The number of ether oxygens (including phenoxy) is 2. The highest BCUT2D eigenvalue weighted by Crippen LogP contribution is 2.39. The van der Waals surface area contributed by atoms with Crippen LogP contribution in [0.1, 0.15) is 24.8 Å². The van der Waals surface area contributed by atoms with Gasteiger partial charge in [-0.3, -0.25) is 0 Å². The lowest BCUT2D eigenvalue weighted by atomic mass is 9.96. The minimum Gasteiger partial charge on any atom is -0.492 e. The topological polar surface area (TPSA) is 44.5 Å².